The minimum atomic E-state index is -2.86. The average molecular weight is 1700 g/mol. The number of rotatable bonds is 28. The first-order valence-electron chi connectivity index (χ1n) is 53.7. The van der Waals surface area contributed by atoms with Crippen molar-refractivity contribution in [2.45, 2.75) is 260 Å². The van der Waals surface area contributed by atoms with Gasteiger partial charge in [0, 0.05) is 126 Å². The molecule has 8 aliphatic heterocycles. The second-order valence-corrected chi connectivity index (χ2v) is 35.7. The molecule has 0 aromatic heterocycles. The molecule has 4 fully saturated rings. The van der Waals surface area contributed by atoms with Crippen molar-refractivity contribution >= 4 is 23.9 Å². The smallest absolute Gasteiger partial charge is 0.323 e. The molecule has 8 heterocycles. The van der Waals surface area contributed by atoms with Crippen molar-refractivity contribution in [1.29, 1.82) is 0 Å². The van der Waals surface area contributed by atoms with E-state index in [1.165, 1.54) is 42.7 Å². The minimum absolute atomic E-state index is 0.0279. The average Bonchev–Trinajstić information content (AvgIpc) is 0.715. The maximum atomic E-state index is 12.9. The predicted molar refractivity (Wildman–Crippen MR) is 471 cm³/mol. The Bertz CT molecular complexity index is 4890. The van der Waals surface area contributed by atoms with Crippen LogP contribution in [0.2, 0.25) is 0 Å². The van der Waals surface area contributed by atoms with Crippen LogP contribution in [0.1, 0.15) is 261 Å². The molecule has 8 aliphatic rings. The fourth-order valence-corrected chi connectivity index (χ4v) is 16.7. The molecule has 0 amide bonds. The number of hydrogen-bond donors (Lipinski definition) is 4. The van der Waals surface area contributed by atoms with Gasteiger partial charge in [0.2, 0.25) is 0 Å². The fourth-order valence-electron chi connectivity index (χ4n) is 16.7. The highest BCUT2D eigenvalue weighted by molar-refractivity contribution is 5.77. The predicted octanol–water partition coefficient (Wildman–Crippen LogP) is 14.3. The molecule has 120 heavy (non-hydrogen) atoms. The van der Waals surface area contributed by atoms with E-state index in [4.69, 9.17) is 99.0 Å². The number of ether oxygens (including phenoxy) is 12. The van der Waals surface area contributed by atoms with Gasteiger partial charge in [-0.15, -0.1) is 0 Å². The number of nitrogens with zero attached hydrogens (tertiary/aromatic N) is 4. The first kappa shape index (κ1) is 69.2. The molecule has 0 spiro atoms. The van der Waals surface area contributed by atoms with E-state index in [-0.39, 0.29) is 203 Å². The molecule has 0 bridgehead atoms. The van der Waals surface area contributed by atoms with E-state index in [0.717, 1.165) is 0 Å². The van der Waals surface area contributed by atoms with Crippen LogP contribution in [-0.2, 0) is 63.8 Å². The Balaban J connectivity index is 0.000000211. The van der Waals surface area contributed by atoms with E-state index < -0.39 is 122 Å². The molecule has 4 aromatic rings. The molecule has 24 nitrogen and oxygen atoms in total. The Hall–Kier alpha value is -7.16. The van der Waals surface area contributed by atoms with Crippen molar-refractivity contribution in [2.75, 3.05) is 109 Å². The van der Waals surface area contributed by atoms with Gasteiger partial charge < -0.3 is 79.8 Å². The molecule has 0 aliphatic carbocycles. The van der Waals surface area contributed by atoms with Crippen LogP contribution in [0.15, 0.2) is 48.3 Å². The Morgan fingerprint density at radius 1 is 0.333 bits per heavy atom. The van der Waals surface area contributed by atoms with Crippen molar-refractivity contribution in [3.8, 4) is 46.0 Å². The zero-order chi connectivity index (χ0) is 107. The van der Waals surface area contributed by atoms with Gasteiger partial charge >= 0.3 is 23.9 Å². The molecule has 4 saturated heterocycles. The standard InChI is InChI=1S/4C24H38N2O4/c4*1-14(2)9-17-13-26-8-7-16-10-21(28-5)22(29-6)11-18(16)19(26)12-20(17)30-24(27)23(25)15(3)4/h4*10-11,14-15,17,19-20,23H,7-9,12-13,25H2,1-6H3/t4*17?,19?,20?,23-/m0000/s1/i2*5D3,10D,11D,19D,20D;2*10D,11D,19D,20D. The summed E-state index contributed by atoms with van der Waals surface area (Å²) >= 11 is 0. The molecule has 12 unspecified atom stereocenters. The molecule has 672 valence electrons. The molecular weight excluding hydrogens is 1520 g/mol. The summed E-state index contributed by atoms with van der Waals surface area (Å²) < 4.78 is 256. The second kappa shape index (κ2) is 43.9. The van der Waals surface area contributed by atoms with Crippen LogP contribution in [0.5, 0.6) is 46.0 Å². The summed E-state index contributed by atoms with van der Waals surface area (Å²) in [5, 5.41) is 0. The number of nitrogens with two attached hydrogens (primary N) is 4. The van der Waals surface area contributed by atoms with Gasteiger partial charge in [0.1, 0.15) is 48.5 Å². The van der Waals surface area contributed by atoms with Crippen LogP contribution in [0, 0.1) is 71.0 Å². The third kappa shape index (κ3) is 23.8. The summed E-state index contributed by atoms with van der Waals surface area (Å²) in [7, 11) is 2.42. The van der Waals surface area contributed by atoms with E-state index in [0.29, 0.717) is 124 Å². The van der Waals surface area contributed by atoms with Gasteiger partial charge in [0.25, 0.3) is 0 Å². The third-order valence-corrected chi connectivity index (χ3v) is 23.5. The highest BCUT2D eigenvalue weighted by atomic mass is 16.6. The van der Waals surface area contributed by atoms with Gasteiger partial charge in [-0.1, -0.05) is 111 Å². The molecule has 8 N–H and O–H groups in total. The largest absolute Gasteiger partial charge is 0.493 e. The number of hydrogen-bond acceptors (Lipinski definition) is 24. The first-order valence-corrected chi connectivity index (χ1v) is 42.7. The van der Waals surface area contributed by atoms with Crippen molar-refractivity contribution in [3.63, 3.8) is 0 Å². The third-order valence-electron chi connectivity index (χ3n) is 23.5. The summed E-state index contributed by atoms with van der Waals surface area (Å²) in [5.41, 5.74) is 26.7. The lowest BCUT2D eigenvalue weighted by Gasteiger charge is -2.47. The van der Waals surface area contributed by atoms with Gasteiger partial charge in [-0.25, -0.2) is 0 Å². The Kier molecular flexibility index (Phi) is 25.3. The van der Waals surface area contributed by atoms with E-state index in [1.807, 2.05) is 75.0 Å². The lowest BCUT2D eigenvalue weighted by Crippen LogP contribution is -2.51. The Morgan fingerprint density at radius 3 is 0.683 bits per heavy atom. The summed E-state index contributed by atoms with van der Waals surface area (Å²) in [4.78, 5) is 59.1. The maximum absolute atomic E-state index is 12.9. The van der Waals surface area contributed by atoms with Gasteiger partial charge in [-0.3, -0.25) is 38.8 Å². The molecule has 0 radical (unpaired) electrons. The van der Waals surface area contributed by atoms with Crippen LogP contribution in [0.3, 0.4) is 0 Å². The maximum Gasteiger partial charge on any atom is 0.323 e. The Labute approximate surface area is 749 Å². The number of carbonyl (C=O) groups is 4. The molecule has 24 heteroatoms. The number of carbonyl (C=O) groups excluding carboxylic acids is 4. The molecule has 0 saturated carbocycles. The molecule has 4 aromatic carbocycles. The normalized spacial score (nSPS) is 32.6. The van der Waals surface area contributed by atoms with Crippen LogP contribution in [-0.4, -0.2) is 201 Å². The van der Waals surface area contributed by atoms with Gasteiger partial charge in [0.05, 0.1) is 86.9 Å². The zero-order valence-corrected chi connectivity index (χ0v) is 75.0. The van der Waals surface area contributed by atoms with Crippen molar-refractivity contribution in [1.82, 2.24) is 19.6 Å². The van der Waals surface area contributed by atoms with Crippen molar-refractivity contribution in [3.05, 3.63) is 92.8 Å². The van der Waals surface area contributed by atoms with E-state index >= 15 is 0 Å². The number of benzene rings is 4. The molecule has 12 rings (SSSR count). The van der Waals surface area contributed by atoms with Crippen LogP contribution >= 0.6 is 0 Å². The number of piperidine rings is 4. The lowest BCUT2D eigenvalue weighted by atomic mass is 9.79. The van der Waals surface area contributed by atoms with Crippen molar-refractivity contribution in [2.24, 2.45) is 93.9 Å². The minimum Gasteiger partial charge on any atom is -0.493 e. The molecule has 16 atom stereocenters. The van der Waals surface area contributed by atoms with Gasteiger partial charge in [0.15, 0.2) is 46.0 Å². The number of methoxy groups -OCH3 is 8. The summed E-state index contributed by atoms with van der Waals surface area (Å²) in [6.07, 6.45) is -3.80. The summed E-state index contributed by atoms with van der Waals surface area (Å²) in [6.45, 7) is 33.7. The summed E-state index contributed by atoms with van der Waals surface area (Å²) in [6, 6.07) is -11.0. The van der Waals surface area contributed by atoms with E-state index in [9.17, 15) is 30.1 Å². The Morgan fingerprint density at radius 2 is 0.517 bits per heavy atom. The topological polar surface area (TPSA) is 296 Å². The van der Waals surface area contributed by atoms with Gasteiger partial charge in [-0.05, 0) is 192 Å². The number of fused-ring (bicyclic) bond motifs is 12. The zero-order valence-electron chi connectivity index (χ0n) is 97.0. The SMILES string of the molecule is [2H]c1c2c(c([2H])c(OC)c1OC([2H])([2H])[2H])C1([2H])CC([2H])(OC(=O)[C@@H](N)C(C)C)C(CC(C)C)CN1CC2.[2H]c1c2c(c([2H])c(OC)c1OC([2H])([2H])[2H])C1([2H])CC([2H])(OC(=O)[C@@H](N)C(C)C)C(CC(C)C)CN1CC2.[2H]c1c2c(c([2H])c(OC)c1OC)C1([2H])CC([2H])(OC(=O)[C@@H](N)C(C)C)C(CC(C)C)CN1CC2.[2H]c1c2c(c([2H])c(OC)c1OC)C1([2H])CC([2H])(OC(=O)[C@@H](N)C(C)C)C(CC(C)C)CN1CC2. The fraction of sp³-hybridized carbons (Fsp3) is 0.708. The van der Waals surface area contributed by atoms with Gasteiger partial charge in [-0.2, -0.15) is 0 Å². The quantitative estimate of drug-likeness (QED) is 0.0303. The second-order valence-electron chi connectivity index (χ2n) is 35.7. The van der Waals surface area contributed by atoms with Crippen LogP contribution in [0.4, 0.5) is 0 Å². The molecular formula is C96H152N8O16. The highest BCUT2D eigenvalue weighted by Crippen LogP contribution is 2.50. The van der Waals surface area contributed by atoms with Crippen LogP contribution in [0.25, 0.3) is 0 Å². The van der Waals surface area contributed by atoms with E-state index in [1.54, 1.807) is 27.7 Å². The van der Waals surface area contributed by atoms with E-state index in [2.05, 4.69) is 27.7 Å². The van der Waals surface area contributed by atoms with Crippen LogP contribution < -0.4 is 60.8 Å². The first-order chi connectivity index (χ1) is 65.5. The lowest BCUT2D eigenvalue weighted by molar-refractivity contribution is -0.161. The van der Waals surface area contributed by atoms with Crippen molar-refractivity contribution < 1.29 is 106 Å². The summed E-state index contributed by atoms with van der Waals surface area (Å²) in [5.74, 6) is -4.66. The monoisotopic (exact) mass is 1700 g/mol. The number of esters is 4. The highest BCUT2D eigenvalue weighted by Gasteiger charge is 2.47.